The molecule has 5 heterocycles. The first kappa shape index (κ1) is 57.6. The quantitative estimate of drug-likeness (QED) is 0.0382. The topological polar surface area (TPSA) is 248 Å². The number of hydrogen-bond donors (Lipinski definition) is 4. The maximum absolute atomic E-state index is 13.9. The van der Waals surface area contributed by atoms with Gasteiger partial charge in [-0.15, -0.1) is 11.3 Å². The van der Waals surface area contributed by atoms with Crippen LogP contribution in [0.4, 0.5) is 17.2 Å². The first-order valence-electron chi connectivity index (χ1n) is 26.5. The molecule has 79 heavy (non-hydrogen) atoms. The van der Waals surface area contributed by atoms with E-state index in [0.29, 0.717) is 55.1 Å². The summed E-state index contributed by atoms with van der Waals surface area (Å²) < 4.78 is 14.2. The first-order chi connectivity index (χ1) is 37.9. The van der Waals surface area contributed by atoms with Crippen molar-refractivity contribution in [3.63, 3.8) is 0 Å². The zero-order chi connectivity index (χ0) is 56.5. The lowest BCUT2D eigenvalue weighted by Gasteiger charge is -2.36. The Morgan fingerprint density at radius 1 is 0.873 bits per heavy atom. The highest BCUT2D eigenvalue weighted by molar-refractivity contribution is 8.00. The summed E-state index contributed by atoms with van der Waals surface area (Å²) in [6.07, 6.45) is 6.10. The standard InChI is InChI=1S/C57H67N9O11S2/c1-33(22-40(67)14-9-10-15-50(69)58-19-20-65-52(71)29-48(78-6)57(65)75)54(72)59-34(2)44(68)26-41-25-37-23-38(17-18-47(37)79-41)60-55(73)53-62-49(32-64(53)4)61-51(70)16-11-21-77-46-28-43-42(27-45(46)76-5)56(74)66-30-36-13-8-7-12-35(36)24-39(66)31-63(43)3/h7-8,12-13,17-18,23,25,27-28,32-34,39,48H,9-11,14-16,19-22,24,26,29-31H2,1-6H3,(H,58,69)(H,59,72)(H,60,73)(H,61,70)/t33-,34+,39+,48?/m1/s1. The van der Waals surface area contributed by atoms with Gasteiger partial charge in [-0.05, 0) is 85.7 Å². The number of fused-ring (bicyclic) bond motifs is 4. The van der Waals surface area contributed by atoms with Gasteiger partial charge in [0.05, 0.1) is 42.3 Å². The fraction of sp³-hybridized carbons (Fsp3) is 0.439. The Labute approximate surface area is 466 Å². The Kier molecular flexibility index (Phi) is 18.9. The van der Waals surface area contributed by atoms with E-state index in [1.165, 1.54) is 45.2 Å². The zero-order valence-corrected chi connectivity index (χ0v) is 46.9. The Bertz CT molecular complexity index is 3170. The lowest BCUT2D eigenvalue weighted by Crippen LogP contribution is -2.47. The molecule has 7 amide bonds. The molecule has 4 N–H and O–H groups in total. The van der Waals surface area contributed by atoms with Gasteiger partial charge in [0.2, 0.25) is 35.4 Å². The number of unbranched alkanes of at least 4 members (excludes halogenated alkanes) is 1. The third kappa shape index (κ3) is 14.2. The van der Waals surface area contributed by atoms with Crippen LogP contribution in [0.5, 0.6) is 11.5 Å². The highest BCUT2D eigenvalue weighted by Crippen LogP contribution is 2.39. The van der Waals surface area contributed by atoms with E-state index in [-0.39, 0.29) is 122 Å². The van der Waals surface area contributed by atoms with Gasteiger partial charge in [0.1, 0.15) is 5.78 Å². The minimum Gasteiger partial charge on any atom is -0.493 e. The Morgan fingerprint density at radius 2 is 1.63 bits per heavy atom. The van der Waals surface area contributed by atoms with Crippen molar-refractivity contribution in [2.24, 2.45) is 13.0 Å². The largest absolute Gasteiger partial charge is 0.493 e. The van der Waals surface area contributed by atoms with Crippen molar-refractivity contribution in [3.05, 3.63) is 94.3 Å². The minimum absolute atomic E-state index is 0.00590. The van der Waals surface area contributed by atoms with Crippen LogP contribution >= 0.6 is 23.1 Å². The summed E-state index contributed by atoms with van der Waals surface area (Å²) in [7, 11) is 5.15. The average Bonchev–Trinajstić information content (AvgIpc) is 4.14. The van der Waals surface area contributed by atoms with E-state index < -0.39 is 23.8 Å². The van der Waals surface area contributed by atoms with Crippen molar-refractivity contribution in [1.82, 2.24) is 30.0 Å². The zero-order valence-electron chi connectivity index (χ0n) is 45.3. The fourth-order valence-corrected chi connectivity index (χ4v) is 11.7. The summed E-state index contributed by atoms with van der Waals surface area (Å²) >= 11 is 2.75. The summed E-state index contributed by atoms with van der Waals surface area (Å²) in [6, 6.07) is 18.2. The van der Waals surface area contributed by atoms with Gasteiger partial charge in [-0.25, -0.2) is 4.98 Å². The van der Waals surface area contributed by atoms with Crippen molar-refractivity contribution in [2.75, 3.05) is 62.2 Å². The number of amides is 7. The van der Waals surface area contributed by atoms with Crippen molar-refractivity contribution < 1.29 is 52.6 Å². The molecule has 0 spiro atoms. The highest BCUT2D eigenvalue weighted by atomic mass is 32.2. The van der Waals surface area contributed by atoms with Crippen molar-refractivity contribution >= 4 is 103 Å². The number of thiophene rings is 1. The molecule has 3 aromatic carbocycles. The molecule has 1 fully saturated rings. The van der Waals surface area contributed by atoms with Crippen LogP contribution in [0, 0.1) is 5.92 Å². The third-order valence-electron chi connectivity index (χ3n) is 14.4. The van der Waals surface area contributed by atoms with Gasteiger partial charge < -0.3 is 45.1 Å². The number of likely N-dealkylation sites (tertiary alicyclic amines) is 1. The van der Waals surface area contributed by atoms with Crippen molar-refractivity contribution in [3.8, 4) is 11.5 Å². The smallest absolute Gasteiger partial charge is 0.291 e. The van der Waals surface area contributed by atoms with E-state index in [1.807, 2.05) is 42.3 Å². The van der Waals surface area contributed by atoms with Gasteiger partial charge >= 0.3 is 0 Å². The number of nitrogens with zero attached hydrogens (tertiary/aromatic N) is 5. The van der Waals surface area contributed by atoms with Crippen molar-refractivity contribution in [1.29, 1.82) is 0 Å². The van der Waals surface area contributed by atoms with E-state index in [1.54, 1.807) is 51.5 Å². The predicted molar refractivity (Wildman–Crippen MR) is 302 cm³/mol. The van der Waals surface area contributed by atoms with E-state index in [4.69, 9.17) is 9.47 Å². The molecule has 8 rings (SSSR count). The van der Waals surface area contributed by atoms with Gasteiger partial charge in [0.15, 0.2) is 23.1 Å². The number of aryl methyl sites for hydroxylation is 1. The number of thioether (sulfide) groups is 1. The predicted octanol–water partition coefficient (Wildman–Crippen LogP) is 6.09. The molecule has 2 aromatic heterocycles. The normalized spacial score (nSPS) is 16.6. The number of likely N-dealkylation sites (N-methyl/N-ethyl adjacent to an activating group) is 1. The van der Waals surface area contributed by atoms with Crippen LogP contribution in [0.2, 0.25) is 0 Å². The molecular weight excluding hydrogens is 1050 g/mol. The molecule has 3 aliphatic heterocycles. The first-order valence-corrected chi connectivity index (χ1v) is 28.6. The van der Waals surface area contributed by atoms with Crippen LogP contribution in [0.25, 0.3) is 10.1 Å². The molecular formula is C57H67N9O11S2. The molecule has 4 atom stereocenters. The number of imide groups is 1. The van der Waals surface area contributed by atoms with Crippen LogP contribution in [0.1, 0.15) is 102 Å². The molecule has 0 aliphatic carbocycles. The second-order valence-electron chi connectivity index (χ2n) is 20.3. The molecule has 22 heteroatoms. The number of imidazole rings is 1. The lowest BCUT2D eigenvalue weighted by molar-refractivity contribution is -0.138. The number of benzene rings is 3. The fourth-order valence-electron chi connectivity index (χ4n) is 10.0. The number of nitrogens with one attached hydrogen (secondary N) is 4. The average molecular weight is 1120 g/mol. The summed E-state index contributed by atoms with van der Waals surface area (Å²) in [5.74, 6) is -1.84. The number of ether oxygens (including phenoxy) is 2. The highest BCUT2D eigenvalue weighted by Gasteiger charge is 2.38. The van der Waals surface area contributed by atoms with Gasteiger partial charge in [0.25, 0.3) is 11.8 Å². The number of methoxy groups -OCH3 is 1. The monoisotopic (exact) mass is 1120 g/mol. The molecule has 20 nitrogen and oxygen atoms in total. The summed E-state index contributed by atoms with van der Waals surface area (Å²) in [5, 5.41) is 11.5. The number of hydrogen-bond acceptors (Lipinski definition) is 15. The Morgan fingerprint density at radius 3 is 2.39 bits per heavy atom. The van der Waals surface area contributed by atoms with E-state index >= 15 is 0 Å². The summed E-state index contributed by atoms with van der Waals surface area (Å²) in [4.78, 5) is 126. The molecule has 418 valence electrons. The molecule has 3 aliphatic rings. The molecule has 0 bridgehead atoms. The number of carbonyl (C=O) groups is 9. The number of Topliss-reactive ketones (excluding diaryl/α,β-unsaturated/α-hetero) is 2. The van der Waals surface area contributed by atoms with E-state index in [9.17, 15) is 43.2 Å². The van der Waals surface area contributed by atoms with Gasteiger partial charge in [-0.3, -0.25) is 48.1 Å². The molecule has 0 radical (unpaired) electrons. The number of aromatic nitrogens is 2. The number of anilines is 3. The van der Waals surface area contributed by atoms with Gasteiger partial charge in [-0.1, -0.05) is 31.2 Å². The molecule has 0 saturated carbocycles. The summed E-state index contributed by atoms with van der Waals surface area (Å²) in [5.41, 5.74) is 4.20. The lowest BCUT2D eigenvalue weighted by atomic mass is 9.93. The minimum atomic E-state index is -0.806. The third-order valence-corrected chi connectivity index (χ3v) is 16.5. The maximum Gasteiger partial charge on any atom is 0.291 e. The van der Waals surface area contributed by atoms with Gasteiger partial charge in [0, 0.05) is 112 Å². The Hall–Kier alpha value is -7.59. The van der Waals surface area contributed by atoms with Crippen LogP contribution in [0.15, 0.2) is 66.9 Å². The number of carbonyl (C=O) groups excluding carboxylic acids is 9. The molecule has 1 saturated heterocycles. The molecule has 5 aromatic rings. The summed E-state index contributed by atoms with van der Waals surface area (Å²) in [6.45, 7) is 4.92. The van der Waals surface area contributed by atoms with Crippen LogP contribution in [-0.2, 0) is 60.0 Å². The Balaban J connectivity index is 0.735. The second kappa shape index (κ2) is 25.9. The molecule has 1 unspecified atom stereocenters. The van der Waals surface area contributed by atoms with Crippen LogP contribution in [0.3, 0.4) is 0 Å². The van der Waals surface area contributed by atoms with Crippen LogP contribution < -0.4 is 35.6 Å². The van der Waals surface area contributed by atoms with Gasteiger partial charge in [-0.2, -0.15) is 11.8 Å². The second-order valence-corrected chi connectivity index (χ2v) is 22.5. The maximum atomic E-state index is 13.9. The SMILES string of the molecule is COc1cc2c(cc1OCCCC(=O)Nc1cn(C)c(C(=O)Nc3ccc4sc(CC(=O)[C@H](C)NC(=O)[C@H](C)CC(=O)CCCCC(=O)NCCN5C(=O)CC(SC)C5=O)cc4c3)n1)N(C)C[C@@H]1Cc3ccccc3CN1C2=O. The number of rotatable bonds is 25. The van der Waals surface area contributed by atoms with Crippen LogP contribution in [-0.4, -0.2) is 136 Å². The number of ketones is 2. The van der Waals surface area contributed by atoms with E-state index in [0.717, 1.165) is 32.6 Å². The van der Waals surface area contributed by atoms with Crippen molar-refractivity contribution in [2.45, 2.75) is 102 Å². The van der Waals surface area contributed by atoms with E-state index in [2.05, 4.69) is 43.3 Å².